The van der Waals surface area contributed by atoms with Crippen LogP contribution >= 0.6 is 0 Å². The number of aromatic nitrogens is 3. The van der Waals surface area contributed by atoms with Gasteiger partial charge in [0, 0.05) is 38.6 Å². The fourth-order valence-corrected chi connectivity index (χ4v) is 7.66. The Morgan fingerprint density at radius 2 is 0.869 bits per heavy atom. The minimum atomic E-state index is -4.79. The van der Waals surface area contributed by atoms with Crippen LogP contribution in [0.5, 0.6) is 0 Å². The molecule has 7 aromatic carbocycles. The summed E-state index contributed by atoms with van der Waals surface area (Å²) in [6.07, 6.45) is -9.57. The second-order valence-corrected chi connectivity index (χ2v) is 14.3. The fourth-order valence-electron chi connectivity index (χ4n) is 7.66. The summed E-state index contributed by atoms with van der Waals surface area (Å²) in [6.45, 7) is 0. The SMILES string of the molecule is N#Cc1cccc(-c2cc(-c3cc(-c4ccccc4)nc(-c4ccccc4)n3)cc(-c3cccc(C#N)c3)c2-n2c3ccc(C(F)(F)F)cc3c3cc(C(F)(F)F)ccc32)c1. The van der Waals surface area contributed by atoms with Crippen molar-refractivity contribution in [1.82, 2.24) is 14.5 Å². The summed E-state index contributed by atoms with van der Waals surface area (Å²) in [4.78, 5) is 9.99. The number of nitrogens with zero attached hydrogens (tertiary/aromatic N) is 5. The molecule has 0 saturated carbocycles. The number of hydrogen-bond donors (Lipinski definition) is 0. The van der Waals surface area contributed by atoms with E-state index in [4.69, 9.17) is 9.97 Å². The molecule has 0 aliphatic carbocycles. The lowest BCUT2D eigenvalue weighted by Gasteiger charge is -2.22. The van der Waals surface area contributed by atoms with E-state index in [1.807, 2.05) is 78.9 Å². The van der Waals surface area contributed by atoms with E-state index < -0.39 is 23.5 Å². The van der Waals surface area contributed by atoms with E-state index in [2.05, 4.69) is 12.1 Å². The molecule has 0 radical (unpaired) electrons. The lowest BCUT2D eigenvalue weighted by Crippen LogP contribution is -2.05. The predicted molar refractivity (Wildman–Crippen MR) is 223 cm³/mol. The first-order valence-electron chi connectivity index (χ1n) is 18.8. The van der Waals surface area contributed by atoms with Gasteiger partial charge in [-0.05, 0) is 90.0 Å². The van der Waals surface area contributed by atoms with Crippen LogP contribution in [0.3, 0.4) is 0 Å². The van der Waals surface area contributed by atoms with Gasteiger partial charge < -0.3 is 4.57 Å². The molecule has 2 heterocycles. The molecule has 9 aromatic rings. The average Bonchev–Trinajstić information content (AvgIpc) is 3.61. The van der Waals surface area contributed by atoms with Crippen molar-refractivity contribution in [3.8, 4) is 74.0 Å². The Kier molecular flexibility index (Phi) is 9.45. The molecule has 0 N–H and O–H groups in total. The molecule has 0 aliphatic heterocycles. The molecule has 0 saturated heterocycles. The van der Waals surface area contributed by atoms with Crippen molar-refractivity contribution in [2.45, 2.75) is 12.4 Å². The Hall–Kier alpha value is -8.02. The first-order valence-corrected chi connectivity index (χ1v) is 18.8. The van der Waals surface area contributed by atoms with Crippen LogP contribution in [0.4, 0.5) is 26.3 Å². The number of fused-ring (bicyclic) bond motifs is 3. The number of nitriles is 2. The molecular weight excluding hydrogens is 785 g/mol. The number of alkyl halides is 6. The van der Waals surface area contributed by atoms with Crippen molar-refractivity contribution in [3.63, 3.8) is 0 Å². The van der Waals surface area contributed by atoms with E-state index in [0.29, 0.717) is 61.8 Å². The van der Waals surface area contributed by atoms with Gasteiger partial charge in [0.2, 0.25) is 0 Å². The van der Waals surface area contributed by atoms with Gasteiger partial charge in [-0.3, -0.25) is 0 Å². The zero-order chi connectivity index (χ0) is 42.5. The van der Waals surface area contributed by atoms with Crippen molar-refractivity contribution < 1.29 is 26.3 Å². The normalized spacial score (nSPS) is 11.7. The number of hydrogen-bond acceptors (Lipinski definition) is 4. The second-order valence-electron chi connectivity index (χ2n) is 14.3. The Morgan fingerprint density at radius 1 is 0.426 bits per heavy atom. The van der Waals surface area contributed by atoms with Gasteiger partial charge in [0.1, 0.15) is 0 Å². The van der Waals surface area contributed by atoms with Crippen LogP contribution in [0.15, 0.2) is 164 Å². The third-order valence-corrected chi connectivity index (χ3v) is 10.5. The maximum atomic E-state index is 14.3. The third kappa shape index (κ3) is 7.23. The minimum absolute atomic E-state index is 0.0516. The van der Waals surface area contributed by atoms with Crippen LogP contribution in [0.25, 0.3) is 83.6 Å². The zero-order valence-corrected chi connectivity index (χ0v) is 31.6. The second kappa shape index (κ2) is 15.0. The summed E-state index contributed by atoms with van der Waals surface area (Å²) in [7, 11) is 0. The number of benzene rings is 7. The van der Waals surface area contributed by atoms with E-state index in [9.17, 15) is 36.9 Å². The first kappa shape index (κ1) is 38.5. The molecule has 11 heteroatoms. The molecule has 294 valence electrons. The highest BCUT2D eigenvalue weighted by atomic mass is 19.4. The largest absolute Gasteiger partial charge is 0.416 e. The molecule has 0 aliphatic rings. The van der Waals surface area contributed by atoms with Gasteiger partial charge >= 0.3 is 12.4 Å². The van der Waals surface area contributed by atoms with Crippen molar-refractivity contribution >= 4 is 21.8 Å². The van der Waals surface area contributed by atoms with E-state index in [-0.39, 0.29) is 21.8 Å². The molecule has 0 bridgehead atoms. The van der Waals surface area contributed by atoms with Crippen LogP contribution in [0.1, 0.15) is 22.3 Å². The lowest BCUT2D eigenvalue weighted by molar-refractivity contribution is -0.138. The van der Waals surface area contributed by atoms with E-state index >= 15 is 0 Å². The van der Waals surface area contributed by atoms with Crippen molar-refractivity contribution in [3.05, 3.63) is 186 Å². The Morgan fingerprint density at radius 3 is 1.33 bits per heavy atom. The molecule has 0 atom stereocenters. The lowest BCUT2D eigenvalue weighted by atomic mass is 9.90. The molecule has 0 fully saturated rings. The highest BCUT2D eigenvalue weighted by Crippen LogP contribution is 2.46. The van der Waals surface area contributed by atoms with E-state index in [1.165, 1.54) is 12.1 Å². The van der Waals surface area contributed by atoms with Crippen molar-refractivity contribution in [1.29, 1.82) is 10.5 Å². The molecule has 0 spiro atoms. The molecule has 61 heavy (non-hydrogen) atoms. The van der Waals surface area contributed by atoms with Gasteiger partial charge in [-0.25, -0.2) is 9.97 Å². The summed E-state index contributed by atoms with van der Waals surface area (Å²) in [6, 6.07) is 48.5. The zero-order valence-electron chi connectivity index (χ0n) is 31.6. The van der Waals surface area contributed by atoms with Gasteiger partial charge in [-0.1, -0.05) is 84.9 Å². The highest BCUT2D eigenvalue weighted by molar-refractivity contribution is 6.11. The Bertz CT molecular complexity index is 3040. The average molecular weight is 812 g/mol. The topological polar surface area (TPSA) is 78.3 Å². The third-order valence-electron chi connectivity index (χ3n) is 10.5. The monoisotopic (exact) mass is 811 g/mol. The van der Waals surface area contributed by atoms with Crippen molar-refractivity contribution in [2.24, 2.45) is 0 Å². The van der Waals surface area contributed by atoms with Crippen LogP contribution in [0, 0.1) is 22.7 Å². The Labute approximate surface area is 344 Å². The number of rotatable bonds is 6. The standard InChI is InChI=1S/C50H27F6N5/c51-49(52,53)37-17-19-45-41(25-37)42-26-38(50(54,55)56)18-20-46(42)61(45)47-39(34-15-7-9-30(21-34)28-57)23-36(24-40(47)35-16-8-10-31(22-35)29-58)44-27-43(32-11-3-1-4-12-32)59-48(60-44)33-13-5-2-6-14-33/h1-27H. The van der Waals surface area contributed by atoms with Gasteiger partial charge in [-0.2, -0.15) is 36.9 Å². The molecule has 0 unspecified atom stereocenters. The van der Waals surface area contributed by atoms with E-state index in [0.717, 1.165) is 35.4 Å². The first-order chi connectivity index (χ1) is 29.4. The van der Waals surface area contributed by atoms with Crippen molar-refractivity contribution in [2.75, 3.05) is 0 Å². The molecular formula is C50H27F6N5. The maximum Gasteiger partial charge on any atom is 0.416 e. The van der Waals surface area contributed by atoms with Crippen LogP contribution in [-0.4, -0.2) is 14.5 Å². The molecule has 5 nitrogen and oxygen atoms in total. The summed E-state index contributed by atoms with van der Waals surface area (Å²) >= 11 is 0. The summed E-state index contributed by atoms with van der Waals surface area (Å²) in [5.41, 5.74) is 4.66. The maximum absolute atomic E-state index is 14.3. The molecule has 2 aromatic heterocycles. The smallest absolute Gasteiger partial charge is 0.308 e. The van der Waals surface area contributed by atoms with Crippen LogP contribution in [-0.2, 0) is 12.4 Å². The van der Waals surface area contributed by atoms with Crippen LogP contribution in [0.2, 0.25) is 0 Å². The highest BCUT2D eigenvalue weighted by Gasteiger charge is 2.34. The summed E-state index contributed by atoms with van der Waals surface area (Å²) in [5, 5.41) is 20.0. The van der Waals surface area contributed by atoms with Gasteiger partial charge in [0.05, 0.1) is 62.5 Å². The van der Waals surface area contributed by atoms with Gasteiger partial charge in [-0.15, -0.1) is 0 Å². The fraction of sp³-hybridized carbons (Fsp3) is 0.0400. The van der Waals surface area contributed by atoms with Gasteiger partial charge in [0.25, 0.3) is 0 Å². The molecule has 9 rings (SSSR count). The van der Waals surface area contributed by atoms with Gasteiger partial charge in [0.15, 0.2) is 5.82 Å². The minimum Gasteiger partial charge on any atom is -0.308 e. The van der Waals surface area contributed by atoms with E-state index in [1.54, 1.807) is 53.1 Å². The summed E-state index contributed by atoms with van der Waals surface area (Å²) in [5.74, 6) is 0.436. The predicted octanol–water partition coefficient (Wildman–Crippen LogP) is 13.7. The summed E-state index contributed by atoms with van der Waals surface area (Å²) < 4.78 is 87.2. The quantitative estimate of drug-likeness (QED) is 0.157. The number of halogens is 6. The Balaban J connectivity index is 1.45. The molecule has 0 amide bonds. The van der Waals surface area contributed by atoms with Crippen LogP contribution < -0.4 is 0 Å².